The number of carbonyl (C=O) groups is 3. The van der Waals surface area contributed by atoms with Gasteiger partial charge in [-0.25, -0.2) is 9.78 Å². The third kappa shape index (κ3) is 2.08. The third-order valence-electron chi connectivity index (χ3n) is 2.81. The molecule has 8 heteroatoms. The van der Waals surface area contributed by atoms with Crippen molar-refractivity contribution in [2.45, 2.75) is 0 Å². The highest BCUT2D eigenvalue weighted by molar-refractivity contribution is 6.21. The van der Waals surface area contributed by atoms with E-state index < -0.39 is 23.3 Å². The molecule has 2 heterocycles. The fraction of sp³-hybridized carbons (Fsp3) is 0. The van der Waals surface area contributed by atoms with Crippen molar-refractivity contribution in [1.29, 1.82) is 0 Å². The molecule has 0 fully saturated rings. The van der Waals surface area contributed by atoms with Crippen molar-refractivity contribution in [1.82, 2.24) is 15.0 Å². The van der Waals surface area contributed by atoms with E-state index in [9.17, 15) is 19.2 Å². The van der Waals surface area contributed by atoms with E-state index in [1.807, 2.05) is 0 Å². The molecule has 0 radical (unpaired) electrons. The maximum Gasteiger partial charge on any atom is 0.383 e. The molecule has 0 spiro atoms. The molecule has 21 heavy (non-hydrogen) atoms. The molecule has 104 valence electrons. The summed E-state index contributed by atoms with van der Waals surface area (Å²) in [6.07, 6.45) is 1.92. The number of fused-ring (bicyclic) bond motifs is 1. The number of imide groups is 1. The Balaban J connectivity index is 1.85. The van der Waals surface area contributed by atoms with Crippen LogP contribution in [0, 0.1) is 0 Å². The molecule has 0 saturated carbocycles. The van der Waals surface area contributed by atoms with Gasteiger partial charge in [-0.05, 0) is 12.1 Å². The second-order valence-electron chi connectivity index (χ2n) is 4.13. The topological polar surface area (TPSA) is 109 Å². The summed E-state index contributed by atoms with van der Waals surface area (Å²) in [7, 11) is 0. The molecular formula is C13H7N3O5. The number of benzene rings is 1. The predicted octanol–water partition coefficient (Wildman–Crippen LogP) is 0.138. The lowest BCUT2D eigenvalue weighted by molar-refractivity contribution is -0.0588. The fourth-order valence-corrected chi connectivity index (χ4v) is 1.83. The van der Waals surface area contributed by atoms with Gasteiger partial charge in [0.05, 0.1) is 17.3 Å². The van der Waals surface area contributed by atoms with Gasteiger partial charge >= 0.3 is 5.97 Å². The molecule has 1 N–H and O–H groups in total. The molecule has 2 amide bonds. The minimum atomic E-state index is -1.03. The molecule has 0 unspecified atom stereocenters. The summed E-state index contributed by atoms with van der Waals surface area (Å²) in [5, 5.41) is 0.375. The van der Waals surface area contributed by atoms with Gasteiger partial charge in [0.15, 0.2) is 5.69 Å². The summed E-state index contributed by atoms with van der Waals surface area (Å²) in [5.41, 5.74) is -0.409. The van der Waals surface area contributed by atoms with Crippen molar-refractivity contribution < 1.29 is 19.2 Å². The number of H-pyrrole nitrogens is 1. The van der Waals surface area contributed by atoms with Crippen molar-refractivity contribution in [3.05, 3.63) is 63.8 Å². The maximum atomic E-state index is 12.0. The first-order chi connectivity index (χ1) is 10.1. The van der Waals surface area contributed by atoms with Crippen LogP contribution in [0.15, 0.2) is 41.5 Å². The summed E-state index contributed by atoms with van der Waals surface area (Å²) in [4.78, 5) is 57.2. The molecule has 2 aromatic rings. The van der Waals surface area contributed by atoms with Crippen LogP contribution in [0.2, 0.25) is 0 Å². The minimum absolute atomic E-state index is 0.157. The molecule has 1 aromatic heterocycles. The SMILES string of the molecule is O=C(ON1C(=O)c2ccccc2C1=O)c1c[nH]c(=O)cn1. The van der Waals surface area contributed by atoms with Crippen LogP contribution >= 0.6 is 0 Å². The van der Waals surface area contributed by atoms with Crippen molar-refractivity contribution >= 4 is 17.8 Å². The number of nitrogens with zero attached hydrogens (tertiary/aromatic N) is 2. The van der Waals surface area contributed by atoms with Crippen LogP contribution in [0.3, 0.4) is 0 Å². The zero-order valence-electron chi connectivity index (χ0n) is 10.4. The molecule has 0 saturated heterocycles. The van der Waals surface area contributed by atoms with E-state index in [0.29, 0.717) is 5.06 Å². The number of hydrogen-bond donors (Lipinski definition) is 1. The van der Waals surface area contributed by atoms with Crippen LogP contribution in [0.4, 0.5) is 0 Å². The van der Waals surface area contributed by atoms with Gasteiger partial charge in [0.2, 0.25) is 0 Å². The number of hydrogen-bond acceptors (Lipinski definition) is 6. The molecule has 1 aromatic carbocycles. The predicted molar refractivity (Wildman–Crippen MR) is 67.2 cm³/mol. The van der Waals surface area contributed by atoms with Gasteiger partial charge in [0, 0.05) is 6.20 Å². The Kier molecular flexibility index (Phi) is 2.83. The fourth-order valence-electron chi connectivity index (χ4n) is 1.83. The van der Waals surface area contributed by atoms with E-state index in [-0.39, 0.29) is 16.8 Å². The van der Waals surface area contributed by atoms with Crippen molar-refractivity contribution in [3.63, 3.8) is 0 Å². The standard InChI is InChI=1S/C13H7N3O5/c17-10-6-14-9(5-15-10)13(20)21-16-11(18)7-3-1-2-4-8(7)12(16)19/h1-6H,(H,15,17). The Bertz CT molecular complexity index is 771. The van der Waals surface area contributed by atoms with E-state index in [4.69, 9.17) is 4.84 Å². The third-order valence-corrected chi connectivity index (χ3v) is 2.81. The minimum Gasteiger partial charge on any atom is -0.325 e. The Labute approximate surface area is 116 Å². The average molecular weight is 285 g/mol. The number of amides is 2. The highest BCUT2D eigenvalue weighted by Crippen LogP contribution is 2.22. The summed E-state index contributed by atoms with van der Waals surface area (Å²) >= 11 is 0. The average Bonchev–Trinajstić information content (AvgIpc) is 2.73. The van der Waals surface area contributed by atoms with Gasteiger partial charge in [-0.2, -0.15) is 0 Å². The first-order valence-corrected chi connectivity index (χ1v) is 5.83. The van der Waals surface area contributed by atoms with Gasteiger partial charge in [0.25, 0.3) is 17.4 Å². The van der Waals surface area contributed by atoms with E-state index in [0.717, 1.165) is 12.4 Å². The van der Waals surface area contributed by atoms with Gasteiger partial charge in [-0.15, -0.1) is 0 Å². The van der Waals surface area contributed by atoms with Gasteiger partial charge in [0.1, 0.15) is 0 Å². The molecule has 0 bridgehead atoms. The lowest BCUT2D eigenvalue weighted by Crippen LogP contribution is -2.33. The van der Waals surface area contributed by atoms with Crippen molar-refractivity contribution in [2.75, 3.05) is 0 Å². The second-order valence-corrected chi connectivity index (χ2v) is 4.13. The number of aromatic amines is 1. The molecule has 3 rings (SSSR count). The lowest BCUT2D eigenvalue weighted by atomic mass is 10.1. The Hall–Kier alpha value is -3.29. The first-order valence-electron chi connectivity index (χ1n) is 5.83. The quantitative estimate of drug-likeness (QED) is 0.786. The van der Waals surface area contributed by atoms with Crippen LogP contribution in [-0.2, 0) is 4.84 Å². The number of nitrogens with one attached hydrogen (secondary N) is 1. The largest absolute Gasteiger partial charge is 0.383 e. The Morgan fingerprint density at radius 1 is 1.10 bits per heavy atom. The van der Waals surface area contributed by atoms with Crippen LogP contribution in [-0.4, -0.2) is 32.8 Å². The summed E-state index contributed by atoms with van der Waals surface area (Å²) in [6.45, 7) is 0. The van der Waals surface area contributed by atoms with Crippen molar-refractivity contribution in [2.24, 2.45) is 0 Å². The highest BCUT2D eigenvalue weighted by Gasteiger charge is 2.38. The number of rotatable bonds is 2. The Morgan fingerprint density at radius 2 is 1.71 bits per heavy atom. The maximum absolute atomic E-state index is 12.0. The van der Waals surface area contributed by atoms with Gasteiger partial charge in [-0.1, -0.05) is 17.2 Å². The van der Waals surface area contributed by atoms with Gasteiger partial charge in [-0.3, -0.25) is 14.4 Å². The smallest absolute Gasteiger partial charge is 0.325 e. The van der Waals surface area contributed by atoms with E-state index in [2.05, 4.69) is 9.97 Å². The van der Waals surface area contributed by atoms with E-state index in [1.165, 1.54) is 12.1 Å². The first kappa shape index (κ1) is 12.7. The van der Waals surface area contributed by atoms with Gasteiger partial charge < -0.3 is 9.82 Å². The molecule has 1 aliphatic rings. The Morgan fingerprint density at radius 3 is 2.24 bits per heavy atom. The van der Waals surface area contributed by atoms with Crippen LogP contribution in [0.1, 0.15) is 31.2 Å². The number of aromatic nitrogens is 2. The molecule has 1 aliphatic heterocycles. The zero-order chi connectivity index (χ0) is 15.0. The molecular weight excluding hydrogens is 278 g/mol. The monoisotopic (exact) mass is 285 g/mol. The summed E-state index contributed by atoms with van der Waals surface area (Å²) in [5.74, 6) is -2.48. The van der Waals surface area contributed by atoms with Crippen molar-refractivity contribution in [3.8, 4) is 0 Å². The summed E-state index contributed by atoms with van der Waals surface area (Å²) < 4.78 is 0. The van der Waals surface area contributed by atoms with E-state index in [1.54, 1.807) is 12.1 Å². The van der Waals surface area contributed by atoms with Crippen LogP contribution < -0.4 is 5.56 Å². The molecule has 8 nitrogen and oxygen atoms in total. The molecule has 0 atom stereocenters. The van der Waals surface area contributed by atoms with E-state index >= 15 is 0 Å². The highest BCUT2D eigenvalue weighted by atomic mass is 16.7. The van der Waals surface area contributed by atoms with Crippen LogP contribution in [0.5, 0.6) is 0 Å². The number of carbonyl (C=O) groups excluding carboxylic acids is 3. The zero-order valence-corrected chi connectivity index (χ0v) is 10.4. The van der Waals surface area contributed by atoms with Crippen LogP contribution in [0.25, 0.3) is 0 Å². The summed E-state index contributed by atoms with van der Waals surface area (Å²) in [6, 6.07) is 6.11. The number of hydroxylamine groups is 2. The lowest BCUT2D eigenvalue weighted by Gasteiger charge is -2.11. The second kappa shape index (κ2) is 4.67. The molecule has 0 aliphatic carbocycles. The normalized spacial score (nSPS) is 13.2.